The van der Waals surface area contributed by atoms with Crippen LogP contribution in [-0.4, -0.2) is 0 Å². The fourth-order valence-electron chi connectivity index (χ4n) is 4.58. The Bertz CT molecular complexity index is 1360. The number of fused-ring (bicyclic) bond motifs is 9. The highest BCUT2D eigenvalue weighted by atomic mass is 14.2. The maximum atomic E-state index is 2.34. The quantitative estimate of drug-likeness (QED) is 0.401. The summed E-state index contributed by atoms with van der Waals surface area (Å²) >= 11 is 0. The minimum Gasteiger partial charge on any atom is -0.0801 e. The van der Waals surface area contributed by atoms with Gasteiger partial charge in [0.25, 0.3) is 0 Å². The van der Waals surface area contributed by atoms with Gasteiger partial charge < -0.3 is 0 Å². The molecule has 4 aromatic rings. The van der Waals surface area contributed by atoms with E-state index >= 15 is 0 Å². The van der Waals surface area contributed by atoms with Crippen LogP contribution in [0.25, 0.3) is 44.0 Å². The zero-order valence-corrected chi connectivity index (χ0v) is 13.8. The van der Waals surface area contributed by atoms with Gasteiger partial charge in [-0.3, -0.25) is 0 Å². The molecule has 0 radical (unpaired) electrons. The molecule has 0 nitrogen and oxygen atoms in total. The van der Waals surface area contributed by atoms with Gasteiger partial charge in [-0.1, -0.05) is 78.9 Å². The Hall–Kier alpha value is -3.12. The van der Waals surface area contributed by atoms with Crippen molar-refractivity contribution in [2.24, 2.45) is 0 Å². The average Bonchev–Trinajstić information content (AvgIpc) is 3.06. The summed E-state index contributed by atoms with van der Waals surface area (Å²) in [5, 5.41) is 11.0. The molecule has 4 aromatic carbocycles. The van der Waals surface area contributed by atoms with Gasteiger partial charge >= 0.3 is 0 Å². The largest absolute Gasteiger partial charge is 0.0801 e. The molecule has 0 fully saturated rings. The average molecular weight is 316 g/mol. The summed E-state index contributed by atoms with van der Waals surface area (Å²) in [6.07, 6.45) is 10.1. The van der Waals surface area contributed by atoms with E-state index in [1.807, 2.05) is 0 Å². The van der Waals surface area contributed by atoms with E-state index in [1.165, 1.54) is 53.9 Å². The molecule has 0 aromatic heterocycles. The summed E-state index contributed by atoms with van der Waals surface area (Å²) in [6.45, 7) is 0. The number of allylic oxidation sites excluding steroid dienone is 4. The zero-order valence-electron chi connectivity index (χ0n) is 13.8. The molecule has 0 bridgehead atoms. The van der Waals surface area contributed by atoms with E-state index in [0.717, 1.165) is 6.42 Å². The first-order valence-electron chi connectivity index (χ1n) is 8.86. The molecular formula is C25H16. The predicted molar refractivity (Wildman–Crippen MR) is 108 cm³/mol. The lowest BCUT2D eigenvalue weighted by molar-refractivity contribution is 1.37. The fraction of sp³-hybridized carbons (Fsp3) is 0.0400. The normalized spacial score (nSPS) is 15.4. The second-order valence-electron chi connectivity index (χ2n) is 6.92. The van der Waals surface area contributed by atoms with Gasteiger partial charge in [-0.2, -0.15) is 0 Å². The predicted octanol–water partition coefficient (Wildman–Crippen LogP) is 4.98. The van der Waals surface area contributed by atoms with Crippen molar-refractivity contribution in [3.05, 3.63) is 94.9 Å². The van der Waals surface area contributed by atoms with Gasteiger partial charge in [-0.15, -0.1) is 0 Å². The molecule has 6 rings (SSSR count). The highest BCUT2D eigenvalue weighted by Crippen LogP contribution is 2.34. The molecule has 116 valence electrons. The van der Waals surface area contributed by atoms with Gasteiger partial charge in [0.1, 0.15) is 0 Å². The van der Waals surface area contributed by atoms with Crippen molar-refractivity contribution in [3.63, 3.8) is 0 Å². The lowest BCUT2D eigenvalue weighted by Gasteiger charge is -2.12. The SMILES string of the molecule is C1=CCC2=c3c(ccc4c5ccccc5c5ccccc5c34)=CC2=C1. The van der Waals surface area contributed by atoms with Gasteiger partial charge in [-0.25, -0.2) is 0 Å². The van der Waals surface area contributed by atoms with Crippen molar-refractivity contribution in [2.75, 3.05) is 0 Å². The molecule has 0 saturated heterocycles. The first kappa shape index (κ1) is 13.2. The highest BCUT2D eigenvalue weighted by molar-refractivity contribution is 6.25. The van der Waals surface area contributed by atoms with Crippen LogP contribution in [-0.2, 0) is 0 Å². The molecule has 2 aliphatic rings. The summed E-state index contributed by atoms with van der Waals surface area (Å²) in [7, 11) is 0. The summed E-state index contributed by atoms with van der Waals surface area (Å²) < 4.78 is 0. The van der Waals surface area contributed by atoms with Gasteiger partial charge in [-0.05, 0) is 66.4 Å². The summed E-state index contributed by atoms with van der Waals surface area (Å²) in [4.78, 5) is 0. The molecule has 0 N–H and O–H groups in total. The lowest BCUT2D eigenvalue weighted by atomic mass is 9.91. The minimum atomic E-state index is 1.02. The van der Waals surface area contributed by atoms with E-state index in [-0.39, 0.29) is 0 Å². The third-order valence-electron chi connectivity index (χ3n) is 5.64. The minimum absolute atomic E-state index is 1.02. The molecule has 0 atom stereocenters. The molecule has 0 aliphatic heterocycles. The molecule has 2 aliphatic carbocycles. The Balaban J connectivity index is 2.02. The maximum Gasteiger partial charge on any atom is -0.00172 e. The first-order chi connectivity index (χ1) is 12.4. The molecule has 0 unspecified atom stereocenters. The van der Waals surface area contributed by atoms with Gasteiger partial charge in [0.05, 0.1) is 0 Å². The van der Waals surface area contributed by atoms with Crippen LogP contribution in [0, 0.1) is 0 Å². The molecule has 0 heteroatoms. The van der Waals surface area contributed by atoms with Crippen LogP contribution in [0.5, 0.6) is 0 Å². The third-order valence-corrected chi connectivity index (χ3v) is 5.64. The van der Waals surface area contributed by atoms with Crippen LogP contribution in [0.4, 0.5) is 0 Å². The van der Waals surface area contributed by atoms with Crippen LogP contribution in [0.1, 0.15) is 6.42 Å². The van der Waals surface area contributed by atoms with E-state index in [1.54, 1.807) is 0 Å². The molecule has 25 heavy (non-hydrogen) atoms. The first-order valence-corrected chi connectivity index (χ1v) is 8.86. The van der Waals surface area contributed by atoms with Gasteiger partial charge in [0.2, 0.25) is 0 Å². The summed E-state index contributed by atoms with van der Waals surface area (Å²) in [5.74, 6) is 0. The second-order valence-corrected chi connectivity index (χ2v) is 6.92. The van der Waals surface area contributed by atoms with Crippen LogP contribution in [0.2, 0.25) is 0 Å². The van der Waals surface area contributed by atoms with Crippen LogP contribution >= 0.6 is 0 Å². The number of hydrogen-bond acceptors (Lipinski definition) is 0. The van der Waals surface area contributed by atoms with E-state index in [2.05, 4.69) is 85.0 Å². The van der Waals surface area contributed by atoms with Crippen molar-refractivity contribution in [3.8, 4) is 0 Å². The highest BCUT2D eigenvalue weighted by Gasteiger charge is 2.17. The molecule has 0 amide bonds. The topological polar surface area (TPSA) is 0 Å². The van der Waals surface area contributed by atoms with E-state index < -0.39 is 0 Å². The molecular weight excluding hydrogens is 300 g/mol. The number of rotatable bonds is 0. The van der Waals surface area contributed by atoms with Gasteiger partial charge in [0, 0.05) is 0 Å². The third kappa shape index (κ3) is 1.66. The maximum absolute atomic E-state index is 2.34. The van der Waals surface area contributed by atoms with Crippen molar-refractivity contribution in [1.82, 2.24) is 0 Å². The smallest absolute Gasteiger partial charge is 0.00172 e. The van der Waals surface area contributed by atoms with Crippen LogP contribution < -0.4 is 10.4 Å². The van der Waals surface area contributed by atoms with E-state index in [4.69, 9.17) is 0 Å². The van der Waals surface area contributed by atoms with E-state index in [0.29, 0.717) is 0 Å². The Morgan fingerprint density at radius 3 is 2.04 bits per heavy atom. The Kier molecular flexibility index (Phi) is 2.48. The zero-order chi connectivity index (χ0) is 16.4. The second kappa shape index (κ2) is 4.70. The number of hydrogen-bond donors (Lipinski definition) is 0. The monoisotopic (exact) mass is 316 g/mol. The van der Waals surface area contributed by atoms with Crippen LogP contribution in [0.3, 0.4) is 0 Å². The van der Waals surface area contributed by atoms with E-state index in [9.17, 15) is 0 Å². The summed E-state index contributed by atoms with van der Waals surface area (Å²) in [6, 6.07) is 22.3. The Morgan fingerprint density at radius 2 is 1.28 bits per heavy atom. The molecule has 0 saturated carbocycles. The lowest BCUT2D eigenvalue weighted by Crippen LogP contribution is -2.24. The van der Waals surface area contributed by atoms with Crippen LogP contribution in [0.15, 0.2) is 84.5 Å². The summed E-state index contributed by atoms with van der Waals surface area (Å²) in [5.41, 5.74) is 2.85. The fourth-order valence-corrected chi connectivity index (χ4v) is 4.58. The number of benzene rings is 4. The van der Waals surface area contributed by atoms with Crippen molar-refractivity contribution in [1.29, 1.82) is 0 Å². The Labute approximate surface area is 145 Å². The van der Waals surface area contributed by atoms with Crippen molar-refractivity contribution >= 4 is 44.0 Å². The van der Waals surface area contributed by atoms with Gasteiger partial charge in [0.15, 0.2) is 0 Å². The van der Waals surface area contributed by atoms with Crippen molar-refractivity contribution in [2.45, 2.75) is 6.42 Å². The van der Waals surface area contributed by atoms with Crippen molar-refractivity contribution < 1.29 is 0 Å². The Morgan fingerprint density at radius 1 is 0.640 bits per heavy atom. The molecule has 0 heterocycles. The molecule has 0 spiro atoms. The standard InChI is InChI=1S/C25H16/c1-2-8-18-16(7-1)15-17-13-14-23-21-11-4-3-9-19(21)20-10-5-6-12-22(20)25(23)24(17)18/h1-7,9-15H,8H2.